The fourth-order valence-corrected chi connectivity index (χ4v) is 5.18. The smallest absolute Gasteiger partial charge is 0.337 e. The summed E-state index contributed by atoms with van der Waals surface area (Å²) in [5, 5.41) is 2.15. The zero-order chi connectivity index (χ0) is 23.7. The number of carbonyl (C=O) groups excluding carboxylic acids is 2. The standard InChI is InChI=1S/C27H30N4O3/c1-34-27(33)18-7-9-23-22(16-18)19(17-29-23)6-5-14-30-15-11-20-24(30)10-8-21(26(28)32)25(20)31-12-3-2-4-13-31/h7-11,15-17,29H,2-6,12-14H2,1H3,(H2,28,32). The lowest BCUT2D eigenvalue weighted by Gasteiger charge is -2.30. The summed E-state index contributed by atoms with van der Waals surface area (Å²) in [4.78, 5) is 29.7. The molecular weight excluding hydrogens is 428 g/mol. The summed E-state index contributed by atoms with van der Waals surface area (Å²) in [5.74, 6) is -0.700. The molecule has 1 aliphatic heterocycles. The van der Waals surface area contributed by atoms with Gasteiger partial charge in [-0.05, 0) is 74.1 Å². The number of aromatic amines is 1. The number of fused-ring (bicyclic) bond motifs is 2. The number of primary amides is 1. The summed E-state index contributed by atoms with van der Waals surface area (Å²) in [7, 11) is 1.40. The lowest BCUT2D eigenvalue weighted by Crippen LogP contribution is -2.31. The Kier molecular flexibility index (Phi) is 6.01. The molecule has 0 aliphatic carbocycles. The molecule has 0 atom stereocenters. The van der Waals surface area contributed by atoms with Crippen molar-refractivity contribution in [3.05, 3.63) is 65.5 Å². The number of nitrogens with one attached hydrogen (secondary N) is 1. The molecule has 0 bridgehead atoms. The number of ether oxygens (including phenoxy) is 1. The van der Waals surface area contributed by atoms with Gasteiger partial charge in [0.2, 0.25) is 0 Å². The summed E-state index contributed by atoms with van der Waals surface area (Å²) in [6.45, 7) is 2.76. The minimum absolute atomic E-state index is 0.326. The monoisotopic (exact) mass is 458 g/mol. The van der Waals surface area contributed by atoms with Gasteiger partial charge in [0.05, 0.1) is 29.4 Å². The molecule has 7 heteroatoms. The van der Waals surface area contributed by atoms with Gasteiger partial charge in [0, 0.05) is 48.3 Å². The third-order valence-corrected chi connectivity index (χ3v) is 6.90. The summed E-state index contributed by atoms with van der Waals surface area (Å²) in [6, 6.07) is 11.6. The average Bonchev–Trinajstić information content (AvgIpc) is 3.47. The highest BCUT2D eigenvalue weighted by Gasteiger charge is 2.21. The minimum atomic E-state index is -0.374. The van der Waals surface area contributed by atoms with Gasteiger partial charge in [-0.25, -0.2) is 4.79 Å². The van der Waals surface area contributed by atoms with Crippen LogP contribution in [0.4, 0.5) is 5.69 Å². The van der Waals surface area contributed by atoms with Crippen molar-refractivity contribution >= 4 is 39.4 Å². The molecule has 1 fully saturated rings. The summed E-state index contributed by atoms with van der Waals surface area (Å²) < 4.78 is 7.12. The molecule has 3 heterocycles. The predicted octanol–water partition coefficient (Wildman–Crippen LogP) is 4.63. The topological polar surface area (TPSA) is 93.3 Å². The Morgan fingerprint density at radius 3 is 2.65 bits per heavy atom. The molecule has 34 heavy (non-hydrogen) atoms. The Morgan fingerprint density at radius 2 is 1.88 bits per heavy atom. The van der Waals surface area contributed by atoms with Crippen molar-refractivity contribution < 1.29 is 14.3 Å². The van der Waals surface area contributed by atoms with E-state index in [1.165, 1.54) is 19.1 Å². The first kappa shape index (κ1) is 22.1. The lowest BCUT2D eigenvalue weighted by molar-refractivity contribution is 0.0600. The molecule has 2 aromatic carbocycles. The molecule has 3 N–H and O–H groups in total. The maximum atomic E-state index is 12.2. The second-order valence-electron chi connectivity index (χ2n) is 8.99. The van der Waals surface area contributed by atoms with Crippen molar-refractivity contribution in [2.24, 2.45) is 5.73 Å². The molecule has 0 radical (unpaired) electrons. The molecule has 1 aliphatic rings. The van der Waals surface area contributed by atoms with Gasteiger partial charge < -0.3 is 24.9 Å². The number of methoxy groups -OCH3 is 1. The number of esters is 1. The maximum absolute atomic E-state index is 12.2. The average molecular weight is 459 g/mol. The summed E-state index contributed by atoms with van der Waals surface area (Å²) in [5.41, 5.74) is 11.2. The SMILES string of the molecule is COC(=O)c1ccc2[nH]cc(CCCn3ccc4c(N5CCCCC5)c(C(N)=O)ccc43)c2c1. The number of aryl methyl sites for hydroxylation is 2. The Labute approximate surface area is 198 Å². The second-order valence-corrected chi connectivity index (χ2v) is 8.99. The highest BCUT2D eigenvalue weighted by Crippen LogP contribution is 2.34. The van der Waals surface area contributed by atoms with Crippen molar-refractivity contribution in [2.45, 2.75) is 38.6 Å². The van der Waals surface area contributed by atoms with Crippen LogP contribution in [0.25, 0.3) is 21.8 Å². The van der Waals surface area contributed by atoms with E-state index < -0.39 is 0 Å². The van der Waals surface area contributed by atoms with Crippen LogP contribution >= 0.6 is 0 Å². The van der Waals surface area contributed by atoms with Crippen LogP contribution in [-0.4, -0.2) is 41.6 Å². The fourth-order valence-electron chi connectivity index (χ4n) is 5.18. The Balaban J connectivity index is 1.38. The van der Waals surface area contributed by atoms with Gasteiger partial charge in [-0.15, -0.1) is 0 Å². The van der Waals surface area contributed by atoms with Gasteiger partial charge in [-0.3, -0.25) is 4.79 Å². The third-order valence-electron chi connectivity index (χ3n) is 6.90. The zero-order valence-electron chi connectivity index (χ0n) is 19.5. The number of hydrogen-bond donors (Lipinski definition) is 2. The second kappa shape index (κ2) is 9.25. The lowest BCUT2D eigenvalue weighted by atomic mass is 10.0. The molecule has 2 aromatic heterocycles. The first-order valence-electron chi connectivity index (χ1n) is 11.9. The Hall–Kier alpha value is -3.74. The van der Waals surface area contributed by atoms with E-state index in [0.717, 1.165) is 72.8 Å². The van der Waals surface area contributed by atoms with E-state index in [0.29, 0.717) is 11.1 Å². The molecule has 176 valence electrons. The first-order chi connectivity index (χ1) is 16.6. The first-order valence-corrected chi connectivity index (χ1v) is 11.9. The van der Waals surface area contributed by atoms with Crippen molar-refractivity contribution in [1.82, 2.24) is 9.55 Å². The van der Waals surface area contributed by atoms with Crippen LogP contribution in [0.2, 0.25) is 0 Å². The number of amides is 1. The van der Waals surface area contributed by atoms with Crippen molar-refractivity contribution in [1.29, 1.82) is 0 Å². The van der Waals surface area contributed by atoms with E-state index in [1.807, 2.05) is 30.5 Å². The molecule has 0 spiro atoms. The molecule has 7 nitrogen and oxygen atoms in total. The fraction of sp³-hybridized carbons (Fsp3) is 0.333. The molecule has 4 aromatic rings. The number of nitrogens with two attached hydrogens (primary N) is 1. The van der Waals surface area contributed by atoms with E-state index in [-0.39, 0.29) is 11.9 Å². The molecule has 0 unspecified atom stereocenters. The molecule has 5 rings (SSSR count). The quantitative estimate of drug-likeness (QED) is 0.395. The van der Waals surface area contributed by atoms with Crippen LogP contribution in [0.1, 0.15) is 52.0 Å². The number of nitrogens with zero attached hydrogens (tertiary/aromatic N) is 2. The summed E-state index contributed by atoms with van der Waals surface area (Å²) >= 11 is 0. The number of rotatable bonds is 7. The normalized spacial score (nSPS) is 14.1. The van der Waals surface area contributed by atoms with Gasteiger partial charge in [-0.1, -0.05) is 0 Å². The van der Waals surface area contributed by atoms with Crippen molar-refractivity contribution in [2.75, 3.05) is 25.1 Å². The number of anilines is 1. The largest absolute Gasteiger partial charge is 0.465 e. The number of H-pyrrole nitrogens is 1. The van der Waals surface area contributed by atoms with Gasteiger partial charge in [0.1, 0.15) is 0 Å². The Bertz CT molecular complexity index is 1360. The highest BCUT2D eigenvalue weighted by molar-refractivity contribution is 6.07. The maximum Gasteiger partial charge on any atom is 0.337 e. The number of piperidine rings is 1. The molecular formula is C27H30N4O3. The van der Waals surface area contributed by atoms with E-state index >= 15 is 0 Å². The molecule has 1 saturated heterocycles. The zero-order valence-corrected chi connectivity index (χ0v) is 19.5. The Morgan fingerprint density at radius 1 is 1.06 bits per heavy atom. The van der Waals surface area contributed by atoms with E-state index in [2.05, 4.69) is 26.7 Å². The number of benzene rings is 2. The molecule has 0 saturated carbocycles. The predicted molar refractivity (Wildman–Crippen MR) is 134 cm³/mol. The van der Waals surface area contributed by atoms with Gasteiger partial charge in [-0.2, -0.15) is 0 Å². The van der Waals surface area contributed by atoms with Crippen LogP contribution in [-0.2, 0) is 17.7 Å². The van der Waals surface area contributed by atoms with Crippen LogP contribution < -0.4 is 10.6 Å². The number of aromatic nitrogens is 2. The van der Waals surface area contributed by atoms with Crippen LogP contribution in [0.5, 0.6) is 0 Å². The van der Waals surface area contributed by atoms with Crippen molar-refractivity contribution in [3.63, 3.8) is 0 Å². The van der Waals surface area contributed by atoms with Crippen molar-refractivity contribution in [3.8, 4) is 0 Å². The number of carbonyl (C=O) groups is 2. The van der Waals surface area contributed by atoms with Crippen LogP contribution in [0.3, 0.4) is 0 Å². The minimum Gasteiger partial charge on any atom is -0.465 e. The summed E-state index contributed by atoms with van der Waals surface area (Å²) in [6.07, 6.45) is 9.45. The molecule has 1 amide bonds. The highest BCUT2D eigenvalue weighted by atomic mass is 16.5. The van der Waals surface area contributed by atoms with Crippen LogP contribution in [0.15, 0.2) is 48.8 Å². The van der Waals surface area contributed by atoms with Crippen LogP contribution in [0, 0.1) is 0 Å². The van der Waals surface area contributed by atoms with E-state index in [9.17, 15) is 9.59 Å². The van der Waals surface area contributed by atoms with E-state index in [4.69, 9.17) is 10.5 Å². The van der Waals surface area contributed by atoms with Gasteiger partial charge >= 0.3 is 5.97 Å². The van der Waals surface area contributed by atoms with Gasteiger partial charge in [0.15, 0.2) is 0 Å². The van der Waals surface area contributed by atoms with E-state index in [1.54, 1.807) is 6.07 Å². The van der Waals surface area contributed by atoms with Gasteiger partial charge in [0.25, 0.3) is 5.91 Å². The number of hydrogen-bond acceptors (Lipinski definition) is 4. The third kappa shape index (κ3) is 4.02.